The Bertz CT molecular complexity index is 971. The Balaban J connectivity index is 2.49. The van der Waals surface area contributed by atoms with Gasteiger partial charge < -0.3 is 9.47 Å². The van der Waals surface area contributed by atoms with Gasteiger partial charge in [-0.05, 0) is 36.3 Å². The highest BCUT2D eigenvalue weighted by molar-refractivity contribution is 6.32. The van der Waals surface area contributed by atoms with Gasteiger partial charge in [0.2, 0.25) is 0 Å². The van der Waals surface area contributed by atoms with E-state index < -0.39 is 4.92 Å². The molecule has 0 amide bonds. The van der Waals surface area contributed by atoms with Gasteiger partial charge in [0.05, 0.1) is 28.2 Å². The van der Waals surface area contributed by atoms with E-state index in [1.54, 1.807) is 24.3 Å². The van der Waals surface area contributed by atoms with Crippen molar-refractivity contribution in [3.63, 3.8) is 0 Å². The molecule has 27 heavy (non-hydrogen) atoms. The molecule has 0 unspecified atom stereocenters. The quantitative estimate of drug-likeness (QED) is 0.227. The molecule has 0 fully saturated rings. The van der Waals surface area contributed by atoms with Gasteiger partial charge >= 0.3 is 0 Å². The van der Waals surface area contributed by atoms with Crippen LogP contribution in [0.5, 0.6) is 11.5 Å². The average Bonchev–Trinajstić information content (AvgIpc) is 2.66. The molecule has 0 N–H and O–H groups in total. The lowest BCUT2D eigenvalue weighted by Gasteiger charge is -2.13. The second kappa shape index (κ2) is 9.28. The summed E-state index contributed by atoms with van der Waals surface area (Å²) in [5, 5.41) is 20.7. The highest BCUT2D eigenvalue weighted by Gasteiger charge is 2.13. The molecule has 6 nitrogen and oxygen atoms in total. The molecule has 0 saturated carbocycles. The number of terminal acetylenes is 1. The van der Waals surface area contributed by atoms with Crippen molar-refractivity contribution < 1.29 is 14.4 Å². The van der Waals surface area contributed by atoms with Crippen molar-refractivity contribution in [1.82, 2.24) is 0 Å². The number of hydrogen-bond donors (Lipinski definition) is 0. The van der Waals surface area contributed by atoms with E-state index in [4.69, 9.17) is 27.5 Å². The minimum atomic E-state index is -0.514. The van der Waals surface area contributed by atoms with Crippen LogP contribution in [0.4, 0.5) is 5.69 Å². The summed E-state index contributed by atoms with van der Waals surface area (Å²) in [5.41, 5.74) is 1.15. The Morgan fingerprint density at radius 2 is 2.15 bits per heavy atom. The van der Waals surface area contributed by atoms with Crippen LogP contribution < -0.4 is 9.47 Å². The maximum Gasteiger partial charge on any atom is 0.270 e. The molecule has 2 aromatic rings. The van der Waals surface area contributed by atoms with E-state index in [1.165, 1.54) is 18.2 Å². The summed E-state index contributed by atoms with van der Waals surface area (Å²) in [4.78, 5) is 10.4. The number of halogens is 1. The lowest BCUT2D eigenvalue weighted by Crippen LogP contribution is -2.00. The Labute approximate surface area is 161 Å². The molecule has 0 atom stereocenters. The number of non-ortho nitro benzene ring substituents is 1. The standard InChI is InChI=1S/C20H15ClN2O4/c1-3-8-27-20-18(21)10-14(11-19(20)26-4-2)9-16(13-22)15-6-5-7-17(12-15)23(24)25/h1,5-7,9-12H,4,8H2,2H3. The average molecular weight is 383 g/mol. The van der Waals surface area contributed by atoms with Gasteiger partial charge in [-0.3, -0.25) is 10.1 Å². The number of benzene rings is 2. The van der Waals surface area contributed by atoms with Crippen molar-refractivity contribution in [3.8, 4) is 29.9 Å². The lowest BCUT2D eigenvalue weighted by atomic mass is 10.0. The molecular formula is C20H15ClN2O4. The monoisotopic (exact) mass is 382 g/mol. The molecule has 2 rings (SSSR count). The molecule has 7 heteroatoms. The maximum atomic E-state index is 10.9. The van der Waals surface area contributed by atoms with Gasteiger partial charge in [-0.2, -0.15) is 5.26 Å². The van der Waals surface area contributed by atoms with Crippen molar-refractivity contribution in [2.45, 2.75) is 6.92 Å². The molecule has 0 saturated heterocycles. The number of ether oxygens (including phenoxy) is 2. The summed E-state index contributed by atoms with van der Waals surface area (Å²) < 4.78 is 11.0. The molecule has 0 heterocycles. The number of hydrogen-bond acceptors (Lipinski definition) is 5. The Morgan fingerprint density at radius 1 is 1.37 bits per heavy atom. The summed E-state index contributed by atoms with van der Waals surface area (Å²) in [7, 11) is 0. The zero-order valence-corrected chi connectivity index (χ0v) is 15.2. The number of nitriles is 1. The van der Waals surface area contributed by atoms with Gasteiger partial charge in [0.25, 0.3) is 5.69 Å². The third-order valence-electron chi connectivity index (χ3n) is 3.43. The molecule has 0 aliphatic carbocycles. The minimum Gasteiger partial charge on any atom is -0.490 e. The van der Waals surface area contributed by atoms with E-state index in [0.717, 1.165) is 0 Å². The Hall–Kier alpha value is -3.48. The van der Waals surface area contributed by atoms with Crippen molar-refractivity contribution in [1.29, 1.82) is 5.26 Å². The summed E-state index contributed by atoms with van der Waals surface area (Å²) in [6.45, 7) is 2.23. The van der Waals surface area contributed by atoms with Gasteiger partial charge in [0.1, 0.15) is 6.61 Å². The fourth-order valence-corrected chi connectivity index (χ4v) is 2.60. The van der Waals surface area contributed by atoms with Gasteiger partial charge in [0.15, 0.2) is 11.5 Å². The smallest absolute Gasteiger partial charge is 0.270 e. The van der Waals surface area contributed by atoms with Crippen molar-refractivity contribution in [2.75, 3.05) is 13.2 Å². The molecule has 0 aliphatic rings. The van der Waals surface area contributed by atoms with Crippen molar-refractivity contribution in [3.05, 3.63) is 62.7 Å². The first-order valence-corrected chi connectivity index (χ1v) is 8.27. The second-order valence-corrected chi connectivity index (χ2v) is 5.64. The molecule has 0 aromatic heterocycles. The molecule has 0 radical (unpaired) electrons. The van der Waals surface area contributed by atoms with Gasteiger partial charge in [-0.1, -0.05) is 29.7 Å². The number of nitrogens with zero attached hydrogens (tertiary/aromatic N) is 2. The highest BCUT2D eigenvalue weighted by atomic mass is 35.5. The Kier molecular flexibility index (Phi) is 6.82. The van der Waals surface area contributed by atoms with Crippen LogP contribution in [-0.4, -0.2) is 18.1 Å². The molecular weight excluding hydrogens is 368 g/mol. The highest BCUT2D eigenvalue weighted by Crippen LogP contribution is 2.37. The van der Waals surface area contributed by atoms with Crippen LogP contribution in [0.2, 0.25) is 5.02 Å². The zero-order valence-electron chi connectivity index (χ0n) is 14.4. The largest absolute Gasteiger partial charge is 0.490 e. The van der Waals surface area contributed by atoms with Gasteiger partial charge in [-0.15, -0.1) is 6.42 Å². The van der Waals surface area contributed by atoms with E-state index in [1.807, 2.05) is 13.0 Å². The second-order valence-electron chi connectivity index (χ2n) is 5.23. The van der Waals surface area contributed by atoms with Crippen molar-refractivity contribution >= 4 is 28.9 Å². The summed E-state index contributed by atoms with van der Waals surface area (Å²) in [6, 6.07) is 11.2. The van der Waals surface area contributed by atoms with E-state index >= 15 is 0 Å². The fraction of sp³-hybridized carbons (Fsp3) is 0.150. The third kappa shape index (κ3) is 5.01. The van der Waals surface area contributed by atoms with Gasteiger partial charge in [-0.25, -0.2) is 0 Å². The molecule has 0 spiro atoms. The zero-order chi connectivity index (χ0) is 19.8. The topological polar surface area (TPSA) is 85.4 Å². The third-order valence-corrected chi connectivity index (χ3v) is 3.71. The number of allylic oxidation sites excluding steroid dienone is 1. The Morgan fingerprint density at radius 3 is 2.78 bits per heavy atom. The lowest BCUT2D eigenvalue weighted by molar-refractivity contribution is -0.384. The van der Waals surface area contributed by atoms with E-state index in [0.29, 0.717) is 29.2 Å². The molecule has 2 aromatic carbocycles. The summed E-state index contributed by atoms with van der Waals surface area (Å²) in [5.74, 6) is 3.07. The van der Waals surface area contributed by atoms with E-state index in [9.17, 15) is 15.4 Å². The van der Waals surface area contributed by atoms with Crippen LogP contribution in [0.3, 0.4) is 0 Å². The number of nitro groups is 1. The van der Waals surface area contributed by atoms with Crippen molar-refractivity contribution in [2.24, 2.45) is 0 Å². The first-order chi connectivity index (χ1) is 13.0. The predicted octanol–water partition coefficient (Wildman–Crippen LogP) is 4.72. The van der Waals surface area contributed by atoms with E-state index in [2.05, 4.69) is 5.92 Å². The van der Waals surface area contributed by atoms with Crippen LogP contribution in [-0.2, 0) is 0 Å². The maximum absolute atomic E-state index is 10.9. The van der Waals surface area contributed by atoms with Gasteiger partial charge in [0, 0.05) is 12.1 Å². The summed E-state index contributed by atoms with van der Waals surface area (Å²) >= 11 is 6.27. The van der Waals surface area contributed by atoms with Crippen LogP contribution >= 0.6 is 11.6 Å². The SMILES string of the molecule is C#CCOc1c(Cl)cc(C=C(C#N)c2cccc([N+](=O)[O-])c2)cc1OCC. The molecule has 0 aliphatic heterocycles. The van der Waals surface area contributed by atoms with Crippen LogP contribution in [0.1, 0.15) is 18.1 Å². The number of nitro benzene ring substituents is 1. The minimum absolute atomic E-state index is 0.0338. The van der Waals surface area contributed by atoms with Crippen LogP contribution in [0.25, 0.3) is 11.6 Å². The van der Waals surface area contributed by atoms with E-state index in [-0.39, 0.29) is 22.9 Å². The number of rotatable bonds is 7. The first-order valence-electron chi connectivity index (χ1n) is 7.89. The fourth-order valence-electron chi connectivity index (χ4n) is 2.32. The first kappa shape index (κ1) is 19.8. The predicted molar refractivity (Wildman–Crippen MR) is 104 cm³/mol. The molecule has 0 bridgehead atoms. The summed E-state index contributed by atoms with van der Waals surface area (Å²) in [6.07, 6.45) is 6.78. The van der Waals surface area contributed by atoms with Crippen LogP contribution in [0.15, 0.2) is 36.4 Å². The molecule has 136 valence electrons. The normalized spacial score (nSPS) is 10.6. The van der Waals surface area contributed by atoms with Crippen LogP contribution in [0, 0.1) is 33.8 Å².